The number of fused-ring (bicyclic) bond motifs is 1. The van der Waals surface area contributed by atoms with Gasteiger partial charge in [0.25, 0.3) is 0 Å². The number of hydrogen-bond donors (Lipinski definition) is 1. The molecule has 1 aromatic carbocycles. The second kappa shape index (κ2) is 5.54. The van der Waals surface area contributed by atoms with Crippen LogP contribution in [0.2, 0.25) is 0 Å². The normalized spacial score (nSPS) is 10.7. The minimum Gasteiger partial charge on any atom is -0.495 e. The summed E-state index contributed by atoms with van der Waals surface area (Å²) in [6, 6.07) is 11.9. The highest BCUT2D eigenvalue weighted by atomic mass is 79.9. The summed E-state index contributed by atoms with van der Waals surface area (Å²) in [5, 5.41) is 7.72. The van der Waals surface area contributed by atoms with Gasteiger partial charge in [-0.25, -0.2) is 4.52 Å². The molecule has 0 saturated heterocycles. The van der Waals surface area contributed by atoms with Crippen LogP contribution >= 0.6 is 15.9 Å². The second-order valence-electron chi connectivity index (χ2n) is 4.40. The summed E-state index contributed by atoms with van der Waals surface area (Å²) in [6.45, 7) is 0.695. The summed E-state index contributed by atoms with van der Waals surface area (Å²) >= 11 is 3.47. The largest absolute Gasteiger partial charge is 0.495 e. The molecule has 20 heavy (non-hydrogen) atoms. The van der Waals surface area contributed by atoms with Crippen molar-refractivity contribution in [1.29, 1.82) is 0 Å². The van der Waals surface area contributed by atoms with E-state index in [0.29, 0.717) is 6.54 Å². The molecular formula is C15H14BrN3O. The number of benzene rings is 1. The van der Waals surface area contributed by atoms with E-state index in [9.17, 15) is 0 Å². The third-order valence-electron chi connectivity index (χ3n) is 3.14. The predicted molar refractivity (Wildman–Crippen MR) is 83.2 cm³/mol. The van der Waals surface area contributed by atoms with E-state index in [-0.39, 0.29) is 0 Å². The van der Waals surface area contributed by atoms with Crippen molar-refractivity contribution in [2.24, 2.45) is 0 Å². The molecule has 3 rings (SSSR count). The lowest BCUT2D eigenvalue weighted by molar-refractivity contribution is 0.416. The average Bonchev–Trinajstić information content (AvgIpc) is 2.88. The van der Waals surface area contributed by atoms with Gasteiger partial charge in [-0.3, -0.25) is 0 Å². The van der Waals surface area contributed by atoms with Crippen molar-refractivity contribution in [1.82, 2.24) is 9.61 Å². The Morgan fingerprint density at radius 2 is 2.20 bits per heavy atom. The maximum Gasteiger partial charge on any atom is 0.142 e. The Hall–Kier alpha value is -2.01. The Labute approximate surface area is 125 Å². The maximum absolute atomic E-state index is 5.35. The summed E-state index contributed by atoms with van der Waals surface area (Å²) in [6.07, 6.45) is 3.82. The van der Waals surface area contributed by atoms with E-state index in [1.165, 1.54) is 0 Å². The lowest BCUT2D eigenvalue weighted by atomic mass is 10.2. The average molecular weight is 332 g/mol. The first-order chi connectivity index (χ1) is 9.78. The van der Waals surface area contributed by atoms with Gasteiger partial charge in [-0.05, 0) is 30.3 Å². The van der Waals surface area contributed by atoms with Crippen LogP contribution in [0.1, 0.15) is 5.56 Å². The quantitative estimate of drug-likeness (QED) is 0.791. The summed E-state index contributed by atoms with van der Waals surface area (Å²) < 4.78 is 8.24. The Kier molecular flexibility index (Phi) is 3.60. The fourth-order valence-corrected chi connectivity index (χ4v) is 2.49. The molecule has 0 aliphatic carbocycles. The maximum atomic E-state index is 5.35. The Balaban J connectivity index is 1.84. The Morgan fingerprint density at radius 1 is 1.30 bits per heavy atom. The lowest BCUT2D eigenvalue weighted by Crippen LogP contribution is -2.01. The van der Waals surface area contributed by atoms with Crippen molar-refractivity contribution in [2.45, 2.75) is 6.54 Å². The van der Waals surface area contributed by atoms with E-state index in [4.69, 9.17) is 4.74 Å². The first-order valence-corrected chi connectivity index (χ1v) is 7.06. The Morgan fingerprint density at radius 3 is 3.05 bits per heavy atom. The highest BCUT2D eigenvalue weighted by Crippen LogP contribution is 2.28. The number of methoxy groups -OCH3 is 1. The van der Waals surface area contributed by atoms with Gasteiger partial charge < -0.3 is 10.1 Å². The van der Waals surface area contributed by atoms with E-state index >= 15 is 0 Å². The smallest absolute Gasteiger partial charge is 0.142 e. The first-order valence-electron chi connectivity index (χ1n) is 6.26. The van der Waals surface area contributed by atoms with Crippen molar-refractivity contribution in [3.63, 3.8) is 0 Å². The molecule has 0 spiro atoms. The number of rotatable bonds is 4. The van der Waals surface area contributed by atoms with Crippen molar-refractivity contribution < 1.29 is 4.74 Å². The molecule has 5 heteroatoms. The molecular weight excluding hydrogens is 318 g/mol. The zero-order valence-corrected chi connectivity index (χ0v) is 12.6. The first kappa shape index (κ1) is 13.0. The summed E-state index contributed by atoms with van der Waals surface area (Å²) in [4.78, 5) is 0. The molecule has 0 bridgehead atoms. The van der Waals surface area contributed by atoms with Crippen LogP contribution in [0.4, 0.5) is 5.69 Å². The lowest BCUT2D eigenvalue weighted by Gasteiger charge is -2.11. The molecule has 0 aliphatic heterocycles. The van der Waals surface area contributed by atoms with Gasteiger partial charge in [0.2, 0.25) is 0 Å². The summed E-state index contributed by atoms with van der Waals surface area (Å²) in [7, 11) is 1.67. The van der Waals surface area contributed by atoms with Crippen LogP contribution in [-0.4, -0.2) is 16.7 Å². The molecule has 0 amide bonds. The number of nitrogens with zero attached hydrogens (tertiary/aromatic N) is 2. The van der Waals surface area contributed by atoms with Gasteiger partial charge in [0.05, 0.1) is 24.5 Å². The van der Waals surface area contributed by atoms with Gasteiger partial charge in [0.1, 0.15) is 5.75 Å². The zero-order chi connectivity index (χ0) is 13.9. The molecule has 2 aromatic heterocycles. The summed E-state index contributed by atoms with van der Waals surface area (Å²) in [5.74, 6) is 0.824. The third kappa shape index (κ3) is 2.49. The number of nitrogens with one attached hydrogen (secondary N) is 1. The Bertz CT molecular complexity index is 739. The van der Waals surface area contributed by atoms with Gasteiger partial charge in [-0.1, -0.05) is 22.0 Å². The number of ether oxygens (including phenoxy) is 1. The van der Waals surface area contributed by atoms with Crippen LogP contribution in [0.5, 0.6) is 5.75 Å². The van der Waals surface area contributed by atoms with E-state index in [1.54, 1.807) is 7.11 Å². The minimum absolute atomic E-state index is 0.695. The van der Waals surface area contributed by atoms with Crippen molar-refractivity contribution in [3.05, 3.63) is 58.8 Å². The van der Waals surface area contributed by atoms with E-state index in [1.807, 2.05) is 47.2 Å². The minimum atomic E-state index is 0.695. The molecule has 0 radical (unpaired) electrons. The van der Waals surface area contributed by atoms with Crippen LogP contribution in [-0.2, 0) is 6.54 Å². The number of aromatic nitrogens is 2. The standard InChI is InChI=1S/C15H14BrN3O/c1-20-15-6-5-12(16)8-13(15)17-9-11-10-18-19-7-3-2-4-14(11)19/h2-8,10,17H,9H2,1H3. The number of halogens is 1. The topological polar surface area (TPSA) is 38.6 Å². The SMILES string of the molecule is COc1ccc(Br)cc1NCc1cnn2ccccc12. The van der Waals surface area contributed by atoms with Crippen LogP contribution in [0.25, 0.3) is 5.52 Å². The van der Waals surface area contributed by atoms with Crippen LogP contribution in [0.3, 0.4) is 0 Å². The molecule has 2 heterocycles. The molecule has 3 aromatic rings. The van der Waals surface area contributed by atoms with Crippen LogP contribution in [0, 0.1) is 0 Å². The third-order valence-corrected chi connectivity index (χ3v) is 3.63. The molecule has 0 aliphatic rings. The van der Waals surface area contributed by atoms with Gasteiger partial charge in [-0.15, -0.1) is 0 Å². The van der Waals surface area contributed by atoms with Crippen molar-refractivity contribution in [3.8, 4) is 5.75 Å². The molecule has 0 saturated carbocycles. The fraction of sp³-hybridized carbons (Fsp3) is 0.133. The molecule has 0 unspecified atom stereocenters. The number of hydrogen-bond acceptors (Lipinski definition) is 3. The van der Waals surface area contributed by atoms with Gasteiger partial charge in [0.15, 0.2) is 0 Å². The van der Waals surface area contributed by atoms with Crippen molar-refractivity contribution in [2.75, 3.05) is 12.4 Å². The van der Waals surface area contributed by atoms with Crippen LogP contribution < -0.4 is 10.1 Å². The molecule has 0 fully saturated rings. The monoisotopic (exact) mass is 331 g/mol. The van der Waals surface area contributed by atoms with E-state index in [0.717, 1.165) is 27.0 Å². The highest BCUT2D eigenvalue weighted by Gasteiger charge is 2.06. The predicted octanol–water partition coefficient (Wildman–Crippen LogP) is 3.72. The van der Waals surface area contributed by atoms with Gasteiger partial charge in [-0.2, -0.15) is 5.10 Å². The van der Waals surface area contributed by atoms with Gasteiger partial charge >= 0.3 is 0 Å². The molecule has 102 valence electrons. The second-order valence-corrected chi connectivity index (χ2v) is 5.31. The highest BCUT2D eigenvalue weighted by molar-refractivity contribution is 9.10. The van der Waals surface area contributed by atoms with Crippen molar-refractivity contribution >= 4 is 27.1 Å². The molecule has 1 N–H and O–H groups in total. The fourth-order valence-electron chi connectivity index (χ4n) is 2.13. The van der Waals surface area contributed by atoms with E-state index in [2.05, 4.69) is 32.4 Å². The van der Waals surface area contributed by atoms with Gasteiger partial charge in [0, 0.05) is 22.8 Å². The zero-order valence-electron chi connectivity index (χ0n) is 11.0. The number of anilines is 1. The summed E-state index contributed by atoms with van der Waals surface area (Å²) in [5.41, 5.74) is 3.21. The molecule has 0 atom stereocenters. The molecule has 4 nitrogen and oxygen atoms in total. The number of pyridine rings is 1. The van der Waals surface area contributed by atoms with Crippen LogP contribution in [0.15, 0.2) is 53.3 Å². The van der Waals surface area contributed by atoms with E-state index < -0.39 is 0 Å².